The molecule has 466 valence electrons. The van der Waals surface area contributed by atoms with Gasteiger partial charge in [0.1, 0.15) is 47.9 Å². The van der Waals surface area contributed by atoms with Crippen LogP contribution in [0.3, 0.4) is 0 Å². The summed E-state index contributed by atoms with van der Waals surface area (Å²) in [6.07, 6.45) is 8.68. The van der Waals surface area contributed by atoms with Gasteiger partial charge in [0.25, 0.3) is 11.8 Å². The van der Waals surface area contributed by atoms with Gasteiger partial charge in [-0.2, -0.15) is 0 Å². The van der Waals surface area contributed by atoms with E-state index in [4.69, 9.17) is 28.7 Å². The predicted molar refractivity (Wildman–Crippen MR) is 322 cm³/mol. The number of benzene rings is 2. The largest absolute Gasteiger partial charge is 0.468 e. The number of hydrazine groups is 2. The minimum atomic E-state index is -0.871. The molecule has 1 spiro atoms. The smallest absolute Gasteiger partial charge is 0.325 e. The third-order valence-corrected chi connectivity index (χ3v) is 16.9. The number of pyridine rings is 2. The van der Waals surface area contributed by atoms with Crippen LogP contribution >= 0.6 is 0 Å². The monoisotopic (exact) mass is 1200 g/mol. The lowest BCUT2D eigenvalue weighted by molar-refractivity contribution is -0.157. The van der Waals surface area contributed by atoms with Crippen molar-refractivity contribution in [1.29, 1.82) is 0 Å². The first-order chi connectivity index (χ1) is 41.4. The highest BCUT2D eigenvalue weighted by molar-refractivity contribution is 5.96. The number of Topliss-reactive ketones (excluding diaryl/α,β-unsaturated/α-hetero) is 2. The van der Waals surface area contributed by atoms with Crippen LogP contribution in [0.2, 0.25) is 0 Å². The van der Waals surface area contributed by atoms with E-state index in [0.717, 1.165) is 32.9 Å². The summed E-state index contributed by atoms with van der Waals surface area (Å²) in [6, 6.07) is 16.1. The number of esters is 3. The number of carbonyl (C=O) groups excluding carboxylic acids is 9. The second-order valence-electron chi connectivity index (χ2n) is 24.2. The van der Waals surface area contributed by atoms with Crippen LogP contribution in [0.4, 0.5) is 0 Å². The van der Waals surface area contributed by atoms with E-state index in [0.29, 0.717) is 50.2 Å². The topological polar surface area (TPSA) is 280 Å². The molecule has 7 heterocycles. The summed E-state index contributed by atoms with van der Waals surface area (Å²) >= 11 is 0. The maximum atomic E-state index is 13.7. The van der Waals surface area contributed by atoms with Crippen molar-refractivity contribution in [3.63, 3.8) is 0 Å². The predicted octanol–water partition coefficient (Wildman–Crippen LogP) is 6.41. The molecule has 2 aromatic heterocycles. The number of ketones is 2. The van der Waals surface area contributed by atoms with Crippen LogP contribution in [0.1, 0.15) is 136 Å². The van der Waals surface area contributed by atoms with E-state index in [1.807, 2.05) is 113 Å². The molecule has 4 aromatic rings. The van der Waals surface area contributed by atoms with E-state index in [9.17, 15) is 43.2 Å². The molecule has 9 rings (SSSR count). The molecule has 0 aliphatic carbocycles. The van der Waals surface area contributed by atoms with Gasteiger partial charge in [-0.05, 0) is 101 Å². The number of cyclic esters (lactones) is 1. The average Bonchev–Trinajstić information content (AvgIpc) is 2.90. The summed E-state index contributed by atoms with van der Waals surface area (Å²) in [5.41, 5.74) is 8.61. The van der Waals surface area contributed by atoms with Gasteiger partial charge in [-0.3, -0.25) is 53.2 Å². The molecular weight excluding hydrogens is 1120 g/mol. The lowest BCUT2D eigenvalue weighted by atomic mass is 9.75. The van der Waals surface area contributed by atoms with Crippen LogP contribution < -0.4 is 21.5 Å². The summed E-state index contributed by atoms with van der Waals surface area (Å²) in [7, 11) is 1.30. The van der Waals surface area contributed by atoms with E-state index >= 15 is 0 Å². The Labute approximate surface area is 507 Å². The van der Waals surface area contributed by atoms with Crippen molar-refractivity contribution in [1.82, 2.24) is 41.5 Å². The summed E-state index contributed by atoms with van der Waals surface area (Å²) in [6.45, 7) is 17.3. The number of amides is 4. The molecule has 5 aliphatic rings. The Morgan fingerprint density at radius 2 is 1.51 bits per heavy atom. The van der Waals surface area contributed by atoms with Gasteiger partial charge in [-0.15, -0.1) is 0 Å². The molecule has 2 aromatic carbocycles. The van der Waals surface area contributed by atoms with Crippen molar-refractivity contribution in [2.45, 2.75) is 137 Å². The maximum absolute atomic E-state index is 13.7. The van der Waals surface area contributed by atoms with Crippen molar-refractivity contribution in [3.05, 3.63) is 95.3 Å². The second-order valence-corrected chi connectivity index (χ2v) is 24.2. The van der Waals surface area contributed by atoms with Crippen LogP contribution in [-0.2, 0) is 66.8 Å². The van der Waals surface area contributed by atoms with Crippen LogP contribution in [-0.4, -0.2) is 144 Å². The Balaban J connectivity index is 0.000000227. The fourth-order valence-electron chi connectivity index (χ4n) is 11.1. The molecule has 0 saturated carbocycles. The molecule has 8 atom stereocenters. The molecule has 22 nitrogen and oxygen atoms in total. The van der Waals surface area contributed by atoms with Crippen LogP contribution in [0.25, 0.3) is 34.0 Å². The summed E-state index contributed by atoms with van der Waals surface area (Å²) < 4.78 is 26.8. The molecule has 5 aliphatic heterocycles. The number of methoxy groups -OCH3 is 1. The summed E-state index contributed by atoms with van der Waals surface area (Å²) in [5.74, 6) is -4.51. The zero-order valence-electron chi connectivity index (χ0n) is 51.3. The molecule has 87 heavy (non-hydrogen) atoms. The molecule has 0 radical (unpaired) electrons. The number of hydrogen-bond acceptors (Lipinski definition) is 18. The van der Waals surface area contributed by atoms with Gasteiger partial charge >= 0.3 is 17.9 Å². The van der Waals surface area contributed by atoms with Gasteiger partial charge in [0, 0.05) is 55.5 Å². The molecule has 4 fully saturated rings. The third kappa shape index (κ3) is 15.7. The molecular formula is C65H82N8O14. The van der Waals surface area contributed by atoms with E-state index in [2.05, 4.69) is 26.5 Å². The number of nitrogens with one attached hydrogen (secondary N) is 4. The number of rotatable bonds is 13. The second kappa shape index (κ2) is 28.4. The molecule has 4 N–H and O–H groups in total. The first kappa shape index (κ1) is 65.2. The Bertz CT molecular complexity index is 3320. The van der Waals surface area contributed by atoms with Crippen LogP contribution in [0.15, 0.2) is 72.8 Å². The zero-order chi connectivity index (χ0) is 62.9. The Kier molecular flexibility index (Phi) is 21.3. The zero-order valence-corrected chi connectivity index (χ0v) is 51.3. The van der Waals surface area contributed by atoms with Gasteiger partial charge in [0.05, 0.1) is 66.8 Å². The van der Waals surface area contributed by atoms with Crippen molar-refractivity contribution in [2.75, 3.05) is 46.6 Å². The standard InChI is InChI=1S/C34H44N4O8.C31H38N4O6/c1-20(2)26(31(41)35-21(3)32(42)38-15-7-8-28(37-38)33(43)44-6)17-30(40)34(18-45-19-34)14-13-24-9-10-25-11-12-27(36-29(25)16-24)22(4)46-23(5)39;1-18(2)23-15-27(36)31(16-40-17-31)12-11-21-7-8-22-9-10-24(33-26(22)14-21)20(4)41-30(39)25-6-5-13-35(34-25)29(38)19(3)32-28(23)37/h9-14,16,20-22,26,28,37H,7-8,15,17-19H2,1-6H3,(H,35,41);7-12,14,18-20,23,25,34H,5-6,13,15-17H2,1-4H3,(H,32,37)/b14-13+;12-11+/t21-,22+,26-,28-;19-,20+,23-,25-/m00/s1. The molecule has 0 unspecified atom stereocenters. The average molecular weight is 1200 g/mol. The highest BCUT2D eigenvalue weighted by Crippen LogP contribution is 2.37. The molecule has 4 saturated heterocycles. The SMILES string of the molecule is CC(C)[C@@H]1CC(=O)C2(/C=C/c3ccc4ccc(nc4c3)[C@@H](C)OC(=O)[C@@H]3CCCN(N3)C(=O)[C@H](C)NC1=O)COC2.COC(=O)[C@@H]1CCCN(C(=O)[C@H](C)NC(=O)[C@@H](CC(=O)C2(/C=C/c3ccc4ccc([C@@H](C)OC(C)=O)nc4c3)COC2)C(C)C)N1. The van der Waals surface area contributed by atoms with E-state index in [-0.39, 0.29) is 92.3 Å². The lowest BCUT2D eigenvalue weighted by Gasteiger charge is -2.38. The van der Waals surface area contributed by atoms with Crippen molar-refractivity contribution in [3.8, 4) is 0 Å². The van der Waals surface area contributed by atoms with E-state index < -0.39 is 71.0 Å². The Hall–Kier alpha value is -7.79. The van der Waals surface area contributed by atoms with Gasteiger partial charge in [0.2, 0.25) is 11.8 Å². The molecule has 22 heteroatoms. The Morgan fingerprint density at radius 1 is 0.828 bits per heavy atom. The number of hydrogen-bond donors (Lipinski definition) is 4. The van der Waals surface area contributed by atoms with E-state index in [1.54, 1.807) is 27.7 Å². The maximum Gasteiger partial charge on any atom is 0.325 e. The number of nitrogens with zero attached hydrogens (tertiary/aromatic N) is 4. The number of ether oxygens (including phenoxy) is 5. The first-order valence-electron chi connectivity index (χ1n) is 30.0. The third-order valence-electron chi connectivity index (χ3n) is 16.9. The number of aromatic nitrogens is 2. The Morgan fingerprint density at radius 3 is 2.16 bits per heavy atom. The normalized spacial score (nSPS) is 23.7. The fraction of sp³-hybridized carbons (Fsp3) is 0.523. The fourth-order valence-corrected chi connectivity index (χ4v) is 11.1. The molecule has 4 amide bonds. The number of carbonyl (C=O) groups is 9. The summed E-state index contributed by atoms with van der Waals surface area (Å²) in [5, 5.41) is 10.2. The highest BCUT2D eigenvalue weighted by atomic mass is 16.6. The molecule has 5 bridgehead atoms. The lowest BCUT2D eigenvalue weighted by Crippen LogP contribution is -2.60. The van der Waals surface area contributed by atoms with Crippen LogP contribution in [0, 0.1) is 34.5 Å². The van der Waals surface area contributed by atoms with Gasteiger partial charge in [-0.1, -0.05) is 88.4 Å². The van der Waals surface area contributed by atoms with Gasteiger partial charge in [-0.25, -0.2) is 20.8 Å². The quantitative estimate of drug-likeness (QED) is 0.0831. The van der Waals surface area contributed by atoms with Crippen LogP contribution in [0.5, 0.6) is 0 Å². The minimum absolute atomic E-state index is 0.0127. The van der Waals surface area contributed by atoms with Gasteiger partial charge in [0.15, 0.2) is 0 Å². The number of fused-ring (bicyclic) bond motifs is 5. The minimum Gasteiger partial charge on any atom is -0.468 e. The van der Waals surface area contributed by atoms with Crippen molar-refractivity contribution < 1.29 is 66.8 Å². The van der Waals surface area contributed by atoms with Gasteiger partial charge < -0.3 is 34.3 Å². The van der Waals surface area contributed by atoms with E-state index in [1.165, 1.54) is 24.1 Å². The van der Waals surface area contributed by atoms with Crippen molar-refractivity contribution >= 4 is 87.1 Å². The van der Waals surface area contributed by atoms with Crippen molar-refractivity contribution in [2.24, 2.45) is 34.5 Å². The summed E-state index contributed by atoms with van der Waals surface area (Å²) in [4.78, 5) is 126. The first-order valence-corrected chi connectivity index (χ1v) is 30.0. The highest BCUT2D eigenvalue weighted by Gasteiger charge is 2.47.